The van der Waals surface area contributed by atoms with Gasteiger partial charge in [0.15, 0.2) is 0 Å². The summed E-state index contributed by atoms with van der Waals surface area (Å²) in [6.07, 6.45) is 1.06. The Balaban J connectivity index is 0. The number of ether oxygens (including phenoxy) is 1. The van der Waals surface area contributed by atoms with Crippen LogP contribution in [0.2, 0.25) is 0 Å². The molecule has 0 bridgehead atoms. The van der Waals surface area contributed by atoms with E-state index in [9.17, 15) is 13.2 Å². The zero-order chi connectivity index (χ0) is 13.7. The molecule has 0 heterocycles. The summed E-state index contributed by atoms with van der Waals surface area (Å²) in [4.78, 5) is 0. The molecular weight excluding hydrogens is 233 g/mol. The number of hydrogen-bond donors (Lipinski definition) is 1. The summed E-state index contributed by atoms with van der Waals surface area (Å²) in [5, 5.41) is 8.33. The van der Waals surface area contributed by atoms with Crippen molar-refractivity contribution in [1.29, 1.82) is 0 Å². The topological polar surface area (TPSA) is 29.5 Å². The maximum absolute atomic E-state index is 12.3. The van der Waals surface area contributed by atoms with Gasteiger partial charge < -0.3 is 9.84 Å². The lowest BCUT2D eigenvalue weighted by Crippen LogP contribution is -2.09. The molecule has 0 saturated carbocycles. The monoisotopic (exact) mass is 252 g/mol. The molecule has 0 aliphatic heterocycles. The van der Waals surface area contributed by atoms with Crippen LogP contribution in [0.5, 0.6) is 0 Å². The average molecular weight is 252 g/mol. The van der Waals surface area contributed by atoms with E-state index in [4.69, 9.17) is 5.11 Å². The highest BCUT2D eigenvalue weighted by Crippen LogP contribution is 2.26. The van der Waals surface area contributed by atoms with Gasteiger partial charge in [-0.1, -0.05) is 32.1 Å². The first-order valence-electron chi connectivity index (χ1n) is 5.31. The van der Waals surface area contributed by atoms with Gasteiger partial charge in [-0.25, -0.2) is 0 Å². The predicted octanol–water partition coefficient (Wildman–Crippen LogP) is 3.60. The number of rotatable bonds is 5. The fourth-order valence-electron chi connectivity index (χ4n) is 0.687. The molecule has 0 amide bonds. The van der Waals surface area contributed by atoms with Gasteiger partial charge in [-0.05, 0) is 13.0 Å². The Labute approximate surface area is 100 Å². The fourth-order valence-corrected chi connectivity index (χ4v) is 0.687. The van der Waals surface area contributed by atoms with Crippen molar-refractivity contribution in [3.05, 3.63) is 36.1 Å². The summed E-state index contributed by atoms with van der Waals surface area (Å²) in [6.45, 7) is 5.37. The summed E-state index contributed by atoms with van der Waals surface area (Å²) >= 11 is 0. The van der Waals surface area contributed by atoms with E-state index in [1.807, 2.05) is 13.8 Å². The van der Waals surface area contributed by atoms with Gasteiger partial charge in [-0.15, -0.1) is 0 Å². The number of allylic oxidation sites excluding steroid dienone is 5. The molecule has 100 valence electrons. The van der Waals surface area contributed by atoms with Crippen molar-refractivity contribution in [2.45, 2.75) is 26.9 Å². The lowest BCUT2D eigenvalue weighted by molar-refractivity contribution is -0.0883. The summed E-state index contributed by atoms with van der Waals surface area (Å²) in [5.41, 5.74) is -0.807. The minimum atomic E-state index is -4.40. The zero-order valence-electron chi connectivity index (χ0n) is 10.3. The summed E-state index contributed by atoms with van der Waals surface area (Å²) in [7, 11) is 0. The average Bonchev–Trinajstić information content (AvgIpc) is 2.29. The van der Waals surface area contributed by atoms with E-state index in [2.05, 4.69) is 4.74 Å². The van der Waals surface area contributed by atoms with Gasteiger partial charge in [0.25, 0.3) is 0 Å². The number of hydrogen-bond acceptors (Lipinski definition) is 2. The Morgan fingerprint density at radius 2 is 1.88 bits per heavy atom. The molecular formula is C12H19F3O2. The Morgan fingerprint density at radius 3 is 2.29 bits per heavy atom. The van der Waals surface area contributed by atoms with E-state index in [1.54, 1.807) is 6.92 Å². The molecule has 0 unspecified atom stereocenters. The molecule has 0 atom stereocenters. The lowest BCUT2D eigenvalue weighted by Gasteiger charge is -2.06. The van der Waals surface area contributed by atoms with Crippen LogP contribution >= 0.6 is 0 Å². The molecule has 17 heavy (non-hydrogen) atoms. The minimum absolute atomic E-state index is 0.0226. The number of alkyl halides is 3. The molecule has 2 nitrogen and oxygen atoms in total. The van der Waals surface area contributed by atoms with E-state index < -0.39 is 11.7 Å². The first-order valence-corrected chi connectivity index (χ1v) is 5.31. The lowest BCUT2D eigenvalue weighted by atomic mass is 10.2. The van der Waals surface area contributed by atoms with Crippen LogP contribution in [0.1, 0.15) is 20.8 Å². The Hall–Kier alpha value is -1.23. The van der Waals surface area contributed by atoms with Crippen molar-refractivity contribution in [1.82, 2.24) is 0 Å². The minimum Gasteiger partial charge on any atom is -0.499 e. The molecule has 0 saturated heterocycles. The van der Waals surface area contributed by atoms with Gasteiger partial charge in [0.05, 0.1) is 18.4 Å². The van der Waals surface area contributed by atoms with Crippen molar-refractivity contribution in [2.24, 2.45) is 0 Å². The van der Waals surface area contributed by atoms with Gasteiger partial charge in [0.1, 0.15) is 6.61 Å². The molecule has 1 N–H and O–H groups in total. The molecule has 0 rings (SSSR count). The van der Waals surface area contributed by atoms with Crippen molar-refractivity contribution >= 4 is 0 Å². The molecule has 0 aliphatic rings. The Morgan fingerprint density at radius 1 is 1.29 bits per heavy atom. The van der Waals surface area contributed by atoms with Crippen LogP contribution in [0.15, 0.2) is 36.1 Å². The second-order valence-corrected chi connectivity index (χ2v) is 2.54. The molecule has 0 fully saturated rings. The van der Waals surface area contributed by atoms with Crippen LogP contribution in [0.4, 0.5) is 13.2 Å². The molecule has 0 aromatic heterocycles. The van der Waals surface area contributed by atoms with E-state index >= 15 is 0 Å². The Kier molecular flexibility index (Phi) is 12.0. The smallest absolute Gasteiger partial charge is 0.416 e. The third-order valence-electron chi connectivity index (χ3n) is 1.35. The van der Waals surface area contributed by atoms with Gasteiger partial charge in [0.2, 0.25) is 0 Å². The highest BCUT2D eigenvalue weighted by Gasteiger charge is 2.31. The fraction of sp³-hybridized carbons (Fsp3) is 0.500. The van der Waals surface area contributed by atoms with E-state index in [0.717, 1.165) is 18.4 Å². The third-order valence-corrected chi connectivity index (χ3v) is 1.35. The maximum Gasteiger partial charge on any atom is 0.416 e. The number of halogens is 3. The normalized spacial score (nSPS) is 12.8. The molecule has 0 aliphatic carbocycles. The number of aliphatic hydroxyl groups excluding tert-OH is 1. The van der Waals surface area contributed by atoms with E-state index in [-0.39, 0.29) is 13.2 Å². The highest BCUT2D eigenvalue weighted by atomic mass is 19.4. The molecule has 0 spiro atoms. The summed E-state index contributed by atoms with van der Waals surface area (Å²) in [6, 6.07) is 0. The molecule has 5 heteroatoms. The van der Waals surface area contributed by atoms with Crippen LogP contribution in [-0.2, 0) is 4.74 Å². The first-order chi connectivity index (χ1) is 8.02. The van der Waals surface area contributed by atoms with Crippen LogP contribution in [0.25, 0.3) is 0 Å². The van der Waals surface area contributed by atoms with Crippen LogP contribution in [0.3, 0.4) is 0 Å². The molecule has 0 aromatic carbocycles. The maximum atomic E-state index is 12.3. The largest absolute Gasteiger partial charge is 0.499 e. The van der Waals surface area contributed by atoms with Crippen LogP contribution in [-0.4, -0.2) is 24.5 Å². The van der Waals surface area contributed by atoms with Crippen LogP contribution in [0, 0.1) is 0 Å². The predicted molar refractivity (Wildman–Crippen MR) is 62.5 cm³/mol. The SMILES string of the molecule is C/C=C/C=C(\C=C\OCCO)C(F)(F)F.CC. The van der Waals surface area contributed by atoms with E-state index in [0.29, 0.717) is 0 Å². The first kappa shape index (κ1) is 18.1. The second kappa shape index (κ2) is 11.3. The van der Waals surface area contributed by atoms with Crippen LogP contribution < -0.4 is 0 Å². The van der Waals surface area contributed by atoms with Crippen molar-refractivity contribution in [3.63, 3.8) is 0 Å². The van der Waals surface area contributed by atoms with Gasteiger partial charge in [-0.2, -0.15) is 13.2 Å². The van der Waals surface area contributed by atoms with E-state index in [1.165, 1.54) is 12.2 Å². The van der Waals surface area contributed by atoms with Crippen molar-refractivity contribution in [3.8, 4) is 0 Å². The van der Waals surface area contributed by atoms with Crippen molar-refractivity contribution < 1.29 is 23.0 Å². The zero-order valence-corrected chi connectivity index (χ0v) is 10.3. The highest BCUT2D eigenvalue weighted by molar-refractivity contribution is 5.27. The quantitative estimate of drug-likeness (QED) is 0.460. The van der Waals surface area contributed by atoms with Gasteiger partial charge in [-0.3, -0.25) is 0 Å². The standard InChI is InChI=1S/C10H13F3O2.C2H6/c1-2-3-4-9(10(11,12)13)5-7-15-8-6-14;1-2/h2-5,7,14H,6,8H2,1H3;1-2H3/b3-2+,7-5+,9-4+;. The Bertz CT molecular complexity index is 253. The van der Waals surface area contributed by atoms with Gasteiger partial charge >= 0.3 is 6.18 Å². The molecule has 0 aromatic rings. The van der Waals surface area contributed by atoms with Crippen molar-refractivity contribution in [2.75, 3.05) is 13.2 Å². The number of aliphatic hydroxyl groups is 1. The van der Waals surface area contributed by atoms with Gasteiger partial charge in [0, 0.05) is 0 Å². The third kappa shape index (κ3) is 11.0. The molecule has 0 radical (unpaired) electrons. The summed E-state index contributed by atoms with van der Waals surface area (Å²) < 4.78 is 41.5. The second-order valence-electron chi connectivity index (χ2n) is 2.54. The summed E-state index contributed by atoms with van der Waals surface area (Å²) in [5.74, 6) is 0.